The molecule has 0 saturated carbocycles. The van der Waals surface area contributed by atoms with Crippen LogP contribution in [0, 0.1) is 23.3 Å². The highest BCUT2D eigenvalue weighted by Crippen LogP contribution is 2.53. The molecule has 10 aromatic heterocycles. The number of hydrogen-bond acceptors (Lipinski definition) is 30. The van der Waals surface area contributed by atoms with Crippen LogP contribution < -0.4 is 21.3 Å². The summed E-state index contributed by atoms with van der Waals surface area (Å²) in [5.41, 5.74) is 5.70. The number of aliphatic hydroxyl groups is 3. The largest absolute Gasteiger partial charge is 0.394 e. The van der Waals surface area contributed by atoms with Crippen LogP contribution in [-0.2, 0) is 60.8 Å². The van der Waals surface area contributed by atoms with Crippen molar-refractivity contribution in [1.82, 2.24) is 73.5 Å². The number of rotatable bonds is 28. The van der Waals surface area contributed by atoms with Gasteiger partial charge in [-0.2, -0.15) is 39.9 Å². The summed E-state index contributed by atoms with van der Waals surface area (Å²) >= 11 is 35.7. The summed E-state index contributed by atoms with van der Waals surface area (Å²) in [5, 5.41) is 45.1. The first-order valence-corrected chi connectivity index (χ1v) is 49.9. The molecule has 37 nitrogen and oxygen atoms in total. The van der Waals surface area contributed by atoms with Gasteiger partial charge >= 0.3 is 15.2 Å². The van der Waals surface area contributed by atoms with E-state index in [9.17, 15) is 33.2 Å². The molecule has 0 amide bonds. The van der Waals surface area contributed by atoms with Gasteiger partial charge in [0.25, 0.3) is 0 Å². The molecule has 49 heteroatoms. The Kier molecular flexibility index (Phi) is 33.2. The number of halogens is 10. The molecule has 0 bridgehead atoms. The lowest BCUT2D eigenvalue weighted by Gasteiger charge is -2.26. The van der Waals surface area contributed by atoms with Crippen LogP contribution in [0.1, 0.15) is 148 Å². The second-order valence-corrected chi connectivity index (χ2v) is 40.2. The second kappa shape index (κ2) is 44.4. The van der Waals surface area contributed by atoms with Crippen molar-refractivity contribution in [2.24, 2.45) is 0 Å². The molecular formula is C91H101Cl6F4N19O18P2. The molecule has 5 fully saturated rings. The lowest BCUT2D eigenvalue weighted by atomic mass is 10.1. The number of nitrogens with one attached hydrogen (secondary N) is 6. The molecule has 748 valence electrons. The molecule has 19 rings (SSSR count). The molecule has 16 atom stereocenters. The maximum Gasteiger partial charge on any atom is 0.356 e. The molecule has 5 aliphatic rings. The zero-order chi connectivity index (χ0) is 100. The maximum atomic E-state index is 15.6. The smallest absolute Gasteiger partial charge is 0.356 e. The van der Waals surface area contributed by atoms with E-state index in [-0.39, 0.29) is 139 Å². The lowest BCUT2D eigenvalue weighted by Crippen LogP contribution is -2.33. The number of aliphatic hydroxyl groups excluding tert-OH is 3. The normalized spacial score (nSPS) is 22.2. The maximum absolute atomic E-state index is 15.6. The minimum atomic E-state index is -4.42. The van der Waals surface area contributed by atoms with E-state index in [1.165, 1.54) is 17.0 Å². The van der Waals surface area contributed by atoms with Crippen LogP contribution >= 0.6 is 84.8 Å². The minimum absolute atomic E-state index is 0.00280. The van der Waals surface area contributed by atoms with Crippen molar-refractivity contribution in [3.8, 4) is 0 Å². The highest BCUT2D eigenvalue weighted by molar-refractivity contribution is 7.53. The third-order valence-corrected chi connectivity index (χ3v) is 26.2. The summed E-state index contributed by atoms with van der Waals surface area (Å²) in [7, 11) is -7.95. The van der Waals surface area contributed by atoms with E-state index in [0.717, 1.165) is 40.0 Å². The van der Waals surface area contributed by atoms with E-state index in [0.29, 0.717) is 34.0 Å². The number of fused-ring (bicyclic) bond motifs is 7. The summed E-state index contributed by atoms with van der Waals surface area (Å²) in [4.78, 5) is 64.2. The lowest BCUT2D eigenvalue weighted by molar-refractivity contribution is -0.201. The van der Waals surface area contributed by atoms with Crippen LogP contribution in [0.25, 0.3) is 55.2 Å². The molecular weight excluding hydrogens is 2000 g/mol. The Morgan fingerprint density at radius 2 is 0.793 bits per heavy atom. The number of ether oxygens (including phenoxy) is 9. The van der Waals surface area contributed by atoms with Gasteiger partial charge in [-0.25, -0.2) is 27.5 Å². The van der Waals surface area contributed by atoms with Crippen LogP contribution in [0.2, 0.25) is 31.6 Å². The van der Waals surface area contributed by atoms with Gasteiger partial charge in [0, 0.05) is 55.2 Å². The van der Waals surface area contributed by atoms with Gasteiger partial charge in [-0.1, -0.05) is 133 Å². The van der Waals surface area contributed by atoms with Crippen LogP contribution in [0.4, 0.5) is 40.8 Å². The number of aromatic nitrogens is 15. The van der Waals surface area contributed by atoms with Gasteiger partial charge in [0.1, 0.15) is 113 Å². The number of hydrogen-bond donors (Lipinski definition) is 11. The van der Waals surface area contributed by atoms with Gasteiger partial charge in [-0.15, -0.1) is 0 Å². The first kappa shape index (κ1) is 105. The molecule has 5 aliphatic heterocycles. The van der Waals surface area contributed by atoms with Gasteiger partial charge in [0.05, 0.1) is 59.0 Å². The topological polar surface area (TPSA) is 460 Å². The number of benzene rings is 4. The molecule has 14 aromatic rings. The quantitative estimate of drug-likeness (QED) is 0.00939. The van der Waals surface area contributed by atoms with Crippen LogP contribution in [0.15, 0.2) is 158 Å². The molecule has 140 heavy (non-hydrogen) atoms. The number of aromatic amines is 2. The van der Waals surface area contributed by atoms with Crippen LogP contribution in [0.3, 0.4) is 0 Å². The third kappa shape index (κ3) is 24.6. The third-order valence-electron chi connectivity index (χ3n) is 22.6. The molecule has 0 unspecified atom stereocenters. The summed E-state index contributed by atoms with van der Waals surface area (Å²) < 4.78 is 151. The highest BCUT2D eigenvalue weighted by atomic mass is 35.5. The van der Waals surface area contributed by atoms with E-state index < -0.39 is 124 Å². The zero-order valence-electron chi connectivity index (χ0n) is 77.0. The second-order valence-electron chi connectivity index (χ2n) is 34.7. The Hall–Kier alpha value is -9.54. The SMILES string of the molecule is CC(C)OP(=O)(COC[C@H]1O[C@@H](n2cc(F)c3c(N[C@@H](C)c4ccccc4)nc(Cl)nc32)[C@@H]2OC(C)(C)O[C@@H]21)OC(C)C.C[C@H](Nc1nc(Cl)nc2[nH]cc(F)c12)c1ccccc1.C[C@H](Nc1nc(Cl)nc2c1c(F)cn2[C@@H]1O[C@H](COCP(=O)(O)O)[C@@H](O)[C@H]1O)c1ccccc1.C[C@H](Nc1nc(Cl)nc2c1ccn2[C@@H]1O[C@H](CO)[C@H]2OC(C)(C)O[C@H]21)c1ccccc1.Fc1c[nH]c2nc(Cl)nc(Cl)c12. The number of nitrogens with zero attached hydrogens (tertiary/aromatic N) is 13. The van der Waals surface area contributed by atoms with E-state index in [1.54, 1.807) is 46.1 Å². The summed E-state index contributed by atoms with van der Waals surface area (Å²) in [6.07, 6.45) is -4.92. The Bertz CT molecular complexity index is 6750. The summed E-state index contributed by atoms with van der Waals surface area (Å²) in [5.74, 6) is -2.41. The van der Waals surface area contributed by atoms with Crippen molar-refractivity contribution >= 4 is 163 Å². The van der Waals surface area contributed by atoms with E-state index in [4.69, 9.17) is 131 Å². The fourth-order valence-corrected chi connectivity index (χ4v) is 19.9. The van der Waals surface area contributed by atoms with Crippen LogP contribution in [-0.4, -0.2) is 210 Å². The van der Waals surface area contributed by atoms with Crippen molar-refractivity contribution in [3.05, 3.63) is 235 Å². The van der Waals surface area contributed by atoms with Gasteiger partial charge in [0.2, 0.25) is 26.4 Å². The average Bonchev–Trinajstić information content (AvgIpc) is 1.58. The van der Waals surface area contributed by atoms with Crippen molar-refractivity contribution in [2.75, 3.05) is 53.8 Å². The minimum Gasteiger partial charge on any atom is -0.394 e. The molecule has 15 heterocycles. The molecule has 5 saturated heterocycles. The van der Waals surface area contributed by atoms with E-state index >= 15 is 8.78 Å². The number of anilines is 4. The fraction of sp³-hybridized carbons (Fsp3) is 0.407. The molecule has 11 N–H and O–H groups in total. The Balaban J connectivity index is 0.000000139. The predicted octanol–water partition coefficient (Wildman–Crippen LogP) is 19.0. The Morgan fingerprint density at radius 3 is 1.25 bits per heavy atom. The van der Waals surface area contributed by atoms with Gasteiger partial charge < -0.3 is 122 Å². The van der Waals surface area contributed by atoms with Crippen molar-refractivity contribution in [2.45, 2.75) is 205 Å². The van der Waals surface area contributed by atoms with Gasteiger partial charge in [-0.3, -0.25) is 9.13 Å². The summed E-state index contributed by atoms with van der Waals surface area (Å²) in [6, 6.07) is 40.6. The highest BCUT2D eigenvalue weighted by Gasteiger charge is 2.58. The molecule has 4 aromatic carbocycles. The zero-order valence-corrected chi connectivity index (χ0v) is 83.3. The fourth-order valence-electron chi connectivity index (χ4n) is 16.6. The molecule has 0 aliphatic carbocycles. The first-order valence-electron chi connectivity index (χ1n) is 44.1. The molecule has 0 radical (unpaired) electrons. The van der Waals surface area contributed by atoms with E-state index in [1.807, 2.05) is 161 Å². The monoisotopic (exact) mass is 2100 g/mol. The summed E-state index contributed by atoms with van der Waals surface area (Å²) in [6.45, 7) is 21.7. The van der Waals surface area contributed by atoms with Crippen molar-refractivity contribution < 1.29 is 103 Å². The van der Waals surface area contributed by atoms with Gasteiger partial charge in [-0.05, 0) is 169 Å². The predicted molar refractivity (Wildman–Crippen MR) is 516 cm³/mol. The Labute approximate surface area is 828 Å². The van der Waals surface area contributed by atoms with Crippen molar-refractivity contribution in [1.29, 1.82) is 0 Å². The molecule has 0 spiro atoms. The Morgan fingerprint density at radius 1 is 0.429 bits per heavy atom. The number of H-pyrrole nitrogens is 2. The van der Waals surface area contributed by atoms with Crippen LogP contribution in [0.5, 0.6) is 0 Å². The van der Waals surface area contributed by atoms with Gasteiger partial charge in [0.15, 0.2) is 64.8 Å². The van der Waals surface area contributed by atoms with E-state index in [2.05, 4.69) is 100 Å². The standard InChI is InChI=1S/C29H39ClFN4O7P.C22H25ClN4O4.C20H23ClFN4O7P.C14H12ClFN4.C6H2Cl2FN3/c1-16(2)41-43(36,42-17(3)4)15-37-14-21-23-24(40-29(6,7)39-23)27(38-21)35-13-20(31)22-25(33-28(30)34-26(22)35)32-18(5)19-11-9-8-10-12-19;1-12(13-7-5-4-6-8-13)24-18-14-9-10-27(19(14)26-21(23)25-18)20-17-16(15(11-28)29-20)30-22(2,3)31-17;1-10(11-5-3-2-4-6-11)23-17-14-12(22)7-26(18(14)25-20(21)24-17)19-16(28)15(27)13(33-19)8-32-9-34(29,30)31;1-8(9-5-3-2-4-6-9)18-13-11-10(16)7-17-12(11)19-14(15)20-13;7-4-3-2(9)1-10-5(3)12-6(8)11-4/h8-13,16-18,21,23-24,27H,14-15H2,1-7H3,(H,32,33,34);4-10,12,15-17,20,28H,11H2,1-3H3,(H,24,25,26);2-7,10,13,15-16,19,27-28H,8-9H2,1H3,(H,23,24,25)(H2,29,30,31);2-8H,1H3,(H2,17,18,19,20);1H,(H,10,11,12)/t18-,21+,23+,24+,27+;12-,15+,16+,17+,20+;10-,13+,15+,16+,19+;8-;/m0000./s1. The average molecular weight is 2100 g/mol. The van der Waals surface area contributed by atoms with Crippen molar-refractivity contribution in [3.63, 3.8) is 0 Å². The first-order chi connectivity index (χ1) is 66.5.